The van der Waals surface area contributed by atoms with Crippen molar-refractivity contribution in [2.45, 2.75) is 46.2 Å². The van der Waals surface area contributed by atoms with Crippen LogP contribution in [0.2, 0.25) is 0 Å². The number of nitrogens with one attached hydrogen (secondary N) is 1. The Balaban J connectivity index is 2.91. The summed E-state index contributed by atoms with van der Waals surface area (Å²) in [4.78, 5) is 0. The molecule has 0 radical (unpaired) electrons. The Morgan fingerprint density at radius 2 is 1.75 bits per heavy atom. The molecule has 0 spiro atoms. The van der Waals surface area contributed by atoms with Crippen LogP contribution in [0.4, 0.5) is 5.69 Å². The summed E-state index contributed by atoms with van der Waals surface area (Å²) >= 11 is 0. The molecule has 1 aromatic carbocycles. The molecule has 0 saturated carbocycles. The third kappa shape index (κ3) is 5.48. The summed E-state index contributed by atoms with van der Waals surface area (Å²) in [6.45, 7) is 8.28. The van der Waals surface area contributed by atoms with Gasteiger partial charge in [-0.2, -0.15) is 17.4 Å². The number of anilines is 1. The molecule has 0 heterocycles. The van der Waals surface area contributed by atoms with Crippen LogP contribution < -0.4 is 10.5 Å². The minimum Gasteiger partial charge on any atom is -0.399 e. The van der Waals surface area contributed by atoms with Crippen LogP contribution in [0, 0.1) is 0 Å². The number of nitrogen functional groups attached to an aromatic ring is 1. The lowest BCUT2D eigenvalue weighted by molar-refractivity contribution is 0.379. The van der Waals surface area contributed by atoms with E-state index in [-0.39, 0.29) is 0 Å². The molecule has 1 rings (SSSR count). The highest BCUT2D eigenvalue weighted by Gasteiger charge is 2.26. The quantitative estimate of drug-likeness (QED) is 0.790. The summed E-state index contributed by atoms with van der Waals surface area (Å²) in [5.41, 5.74) is 6.74. The van der Waals surface area contributed by atoms with Gasteiger partial charge in [-0.3, -0.25) is 0 Å². The first-order chi connectivity index (χ1) is 9.14. The van der Waals surface area contributed by atoms with E-state index in [9.17, 15) is 8.42 Å². The highest BCUT2D eigenvalue weighted by Crippen LogP contribution is 2.13. The molecule has 20 heavy (non-hydrogen) atoms. The number of nitrogens with zero attached hydrogens (tertiary/aromatic N) is 1. The van der Waals surface area contributed by atoms with Crippen LogP contribution in [-0.2, 0) is 16.8 Å². The minimum atomic E-state index is -3.50. The Bertz CT molecular complexity index is 518. The number of rotatable bonds is 6. The first kappa shape index (κ1) is 16.9. The zero-order valence-electron chi connectivity index (χ0n) is 12.7. The second-order valence-electron chi connectivity index (χ2n) is 5.93. The van der Waals surface area contributed by atoms with Gasteiger partial charge in [0.15, 0.2) is 0 Å². The van der Waals surface area contributed by atoms with E-state index in [4.69, 9.17) is 5.73 Å². The van der Waals surface area contributed by atoms with Crippen molar-refractivity contribution in [3.63, 3.8) is 0 Å². The lowest BCUT2D eigenvalue weighted by atomic mass is 10.1. The maximum Gasteiger partial charge on any atom is 0.280 e. The molecule has 0 unspecified atom stereocenters. The number of hydrogen-bond donors (Lipinski definition) is 2. The van der Waals surface area contributed by atoms with Crippen LogP contribution in [0.1, 0.15) is 39.7 Å². The fraction of sp³-hybridized carbons (Fsp3) is 0.571. The van der Waals surface area contributed by atoms with Crippen LogP contribution in [-0.4, -0.2) is 24.8 Å². The van der Waals surface area contributed by atoms with Crippen molar-refractivity contribution in [3.8, 4) is 0 Å². The van der Waals surface area contributed by atoms with E-state index in [1.807, 2.05) is 39.8 Å². The first-order valence-electron chi connectivity index (χ1n) is 6.77. The molecule has 114 valence electrons. The van der Waals surface area contributed by atoms with Crippen molar-refractivity contribution in [2.24, 2.45) is 0 Å². The van der Waals surface area contributed by atoms with E-state index in [0.29, 0.717) is 18.8 Å². The molecule has 0 fully saturated rings. The average Bonchev–Trinajstić information content (AvgIpc) is 2.28. The van der Waals surface area contributed by atoms with Gasteiger partial charge >= 0.3 is 0 Å². The molecule has 6 heteroatoms. The van der Waals surface area contributed by atoms with Crippen molar-refractivity contribution < 1.29 is 8.42 Å². The molecular formula is C14H25N3O2S. The first-order valence-corrected chi connectivity index (χ1v) is 8.21. The Kier molecular flexibility index (Phi) is 5.56. The second-order valence-corrected chi connectivity index (χ2v) is 7.60. The van der Waals surface area contributed by atoms with Crippen molar-refractivity contribution in [1.82, 2.24) is 9.03 Å². The third-order valence-electron chi connectivity index (χ3n) is 2.59. The van der Waals surface area contributed by atoms with Crippen molar-refractivity contribution >= 4 is 15.9 Å². The lowest BCUT2D eigenvalue weighted by Crippen LogP contribution is -2.48. The van der Waals surface area contributed by atoms with Crippen molar-refractivity contribution in [2.75, 3.05) is 12.3 Å². The molecule has 0 aliphatic rings. The standard InChI is InChI=1S/C14H25N3O2S/c1-5-10-17(20(18,19)16-14(2,3)4)11-12-6-8-13(15)9-7-12/h6-9,16H,5,10-11,15H2,1-4H3. The number of nitrogens with two attached hydrogens (primary N) is 1. The Labute approximate surface area is 122 Å². The Morgan fingerprint density at radius 1 is 1.20 bits per heavy atom. The molecule has 0 amide bonds. The fourth-order valence-corrected chi connectivity index (χ4v) is 3.46. The van der Waals surface area contributed by atoms with Gasteiger partial charge in [0, 0.05) is 24.3 Å². The summed E-state index contributed by atoms with van der Waals surface area (Å²) in [5, 5.41) is 0. The average molecular weight is 299 g/mol. The van der Waals surface area contributed by atoms with Gasteiger partial charge in [-0.05, 0) is 44.9 Å². The maximum absolute atomic E-state index is 12.4. The lowest BCUT2D eigenvalue weighted by Gasteiger charge is -2.27. The van der Waals surface area contributed by atoms with Gasteiger partial charge in [-0.1, -0.05) is 19.1 Å². The van der Waals surface area contributed by atoms with E-state index in [1.54, 1.807) is 12.1 Å². The van der Waals surface area contributed by atoms with Crippen LogP contribution >= 0.6 is 0 Å². The monoisotopic (exact) mass is 299 g/mol. The number of hydrogen-bond acceptors (Lipinski definition) is 3. The zero-order valence-corrected chi connectivity index (χ0v) is 13.5. The van der Waals surface area contributed by atoms with Gasteiger partial charge in [0.2, 0.25) is 0 Å². The van der Waals surface area contributed by atoms with Gasteiger partial charge in [0.1, 0.15) is 0 Å². The second kappa shape index (κ2) is 6.56. The normalized spacial score (nSPS) is 12.8. The van der Waals surface area contributed by atoms with Gasteiger partial charge in [-0.15, -0.1) is 0 Å². The fourth-order valence-electron chi connectivity index (χ4n) is 1.81. The van der Waals surface area contributed by atoms with Crippen molar-refractivity contribution in [3.05, 3.63) is 29.8 Å². The molecule has 0 saturated heterocycles. The van der Waals surface area contributed by atoms with Crippen LogP contribution in [0.3, 0.4) is 0 Å². The van der Waals surface area contributed by atoms with E-state index in [2.05, 4.69) is 4.72 Å². The summed E-state index contributed by atoms with van der Waals surface area (Å²) in [6.07, 6.45) is 0.764. The zero-order chi connectivity index (χ0) is 15.4. The minimum absolute atomic E-state index is 0.347. The highest BCUT2D eigenvalue weighted by molar-refractivity contribution is 7.87. The molecule has 0 atom stereocenters. The van der Waals surface area contributed by atoms with Crippen LogP contribution in [0.15, 0.2) is 24.3 Å². The predicted octanol–water partition coefficient (Wildman–Crippen LogP) is 2.11. The smallest absolute Gasteiger partial charge is 0.280 e. The topological polar surface area (TPSA) is 75.4 Å². The third-order valence-corrected chi connectivity index (χ3v) is 4.45. The number of benzene rings is 1. The Morgan fingerprint density at radius 3 is 2.20 bits per heavy atom. The SMILES string of the molecule is CCCN(Cc1ccc(N)cc1)S(=O)(=O)NC(C)(C)C. The molecule has 0 bridgehead atoms. The molecule has 1 aromatic rings. The largest absolute Gasteiger partial charge is 0.399 e. The van der Waals surface area contributed by atoms with E-state index >= 15 is 0 Å². The summed E-state index contributed by atoms with van der Waals surface area (Å²) in [6, 6.07) is 7.27. The van der Waals surface area contributed by atoms with Crippen molar-refractivity contribution in [1.29, 1.82) is 0 Å². The van der Waals surface area contributed by atoms with E-state index in [1.165, 1.54) is 4.31 Å². The highest BCUT2D eigenvalue weighted by atomic mass is 32.2. The maximum atomic E-state index is 12.4. The van der Waals surface area contributed by atoms with Gasteiger partial charge in [0.05, 0.1) is 0 Å². The molecule has 0 aliphatic carbocycles. The van der Waals surface area contributed by atoms with E-state index < -0.39 is 15.7 Å². The Hall–Kier alpha value is -1.11. The summed E-state index contributed by atoms with van der Waals surface area (Å²) in [7, 11) is -3.50. The van der Waals surface area contributed by atoms with Gasteiger partial charge < -0.3 is 5.73 Å². The van der Waals surface area contributed by atoms with E-state index in [0.717, 1.165) is 12.0 Å². The summed E-state index contributed by atoms with van der Waals surface area (Å²) < 4.78 is 28.9. The molecule has 0 aliphatic heterocycles. The molecular weight excluding hydrogens is 274 g/mol. The molecule has 3 N–H and O–H groups in total. The summed E-state index contributed by atoms with van der Waals surface area (Å²) in [5.74, 6) is 0. The van der Waals surface area contributed by atoms with Gasteiger partial charge in [-0.25, -0.2) is 0 Å². The molecule has 5 nitrogen and oxygen atoms in total. The van der Waals surface area contributed by atoms with Crippen LogP contribution in [0.25, 0.3) is 0 Å². The van der Waals surface area contributed by atoms with Gasteiger partial charge in [0.25, 0.3) is 10.2 Å². The van der Waals surface area contributed by atoms with Crippen LogP contribution in [0.5, 0.6) is 0 Å². The molecule has 0 aromatic heterocycles. The predicted molar refractivity (Wildman–Crippen MR) is 83.4 cm³/mol.